The topological polar surface area (TPSA) is 35.6 Å². The van der Waals surface area contributed by atoms with Crippen molar-refractivity contribution in [1.29, 1.82) is 0 Å². The molecule has 126 valence electrons. The zero-order chi connectivity index (χ0) is 16.2. The number of carbonyl (C=O) groups is 1. The standard InChI is InChI=1S/C18H26ClN3O/c1-14-5-4-10-22(14)18(23)8-11-21-12-9-20-13-17(21)15-6-2-3-7-16(15)19/h2-3,6-7,14,17,20H,4-5,8-13H2,1H3. The molecule has 2 aliphatic rings. The predicted octanol–water partition coefficient (Wildman–Crippen LogP) is 2.69. The smallest absolute Gasteiger partial charge is 0.224 e. The van der Waals surface area contributed by atoms with Crippen molar-refractivity contribution in [3.05, 3.63) is 34.9 Å². The van der Waals surface area contributed by atoms with Crippen LogP contribution in [-0.4, -0.2) is 54.5 Å². The molecular formula is C18H26ClN3O. The van der Waals surface area contributed by atoms with Crippen LogP contribution in [0.4, 0.5) is 0 Å². The Morgan fingerprint density at radius 3 is 2.91 bits per heavy atom. The van der Waals surface area contributed by atoms with Gasteiger partial charge in [0.2, 0.25) is 5.91 Å². The fraction of sp³-hybridized carbons (Fsp3) is 0.611. The molecule has 3 rings (SSSR count). The van der Waals surface area contributed by atoms with Crippen LogP contribution in [0.15, 0.2) is 24.3 Å². The first-order chi connectivity index (χ1) is 11.2. The molecule has 0 aliphatic carbocycles. The summed E-state index contributed by atoms with van der Waals surface area (Å²) in [5, 5.41) is 4.26. The first kappa shape index (κ1) is 16.7. The van der Waals surface area contributed by atoms with E-state index >= 15 is 0 Å². The number of nitrogens with zero attached hydrogens (tertiary/aromatic N) is 2. The number of halogens is 1. The van der Waals surface area contributed by atoms with E-state index in [1.54, 1.807) is 0 Å². The van der Waals surface area contributed by atoms with Crippen molar-refractivity contribution in [3.63, 3.8) is 0 Å². The van der Waals surface area contributed by atoms with Crippen molar-refractivity contribution in [3.8, 4) is 0 Å². The SMILES string of the molecule is CC1CCCN1C(=O)CCN1CCNCC1c1ccccc1Cl. The van der Waals surface area contributed by atoms with Gasteiger partial charge in [-0.3, -0.25) is 9.69 Å². The summed E-state index contributed by atoms with van der Waals surface area (Å²) in [4.78, 5) is 16.9. The van der Waals surface area contributed by atoms with Crippen LogP contribution in [0.25, 0.3) is 0 Å². The van der Waals surface area contributed by atoms with Crippen molar-refractivity contribution in [2.24, 2.45) is 0 Å². The highest BCUT2D eigenvalue weighted by molar-refractivity contribution is 6.31. The molecule has 0 saturated carbocycles. The molecule has 2 saturated heterocycles. The minimum absolute atomic E-state index is 0.251. The van der Waals surface area contributed by atoms with E-state index in [0.29, 0.717) is 18.4 Å². The zero-order valence-electron chi connectivity index (χ0n) is 13.8. The maximum Gasteiger partial charge on any atom is 0.224 e. The molecule has 0 radical (unpaired) electrons. The maximum atomic E-state index is 12.5. The Kier molecular flexibility index (Phi) is 5.57. The normalized spacial score (nSPS) is 25.7. The summed E-state index contributed by atoms with van der Waals surface area (Å²) in [6.45, 7) is 6.70. The van der Waals surface area contributed by atoms with E-state index in [9.17, 15) is 4.79 Å². The van der Waals surface area contributed by atoms with Gasteiger partial charge >= 0.3 is 0 Å². The van der Waals surface area contributed by atoms with E-state index < -0.39 is 0 Å². The minimum Gasteiger partial charge on any atom is -0.340 e. The third-order valence-corrected chi connectivity index (χ3v) is 5.45. The number of nitrogens with one attached hydrogen (secondary N) is 1. The lowest BCUT2D eigenvalue weighted by Gasteiger charge is -2.37. The average Bonchev–Trinajstić information content (AvgIpc) is 3.00. The second kappa shape index (κ2) is 7.65. The van der Waals surface area contributed by atoms with Gasteiger partial charge in [-0.05, 0) is 31.4 Å². The number of hydrogen-bond donors (Lipinski definition) is 1. The molecule has 1 aromatic carbocycles. The summed E-state index contributed by atoms with van der Waals surface area (Å²) >= 11 is 6.38. The molecule has 0 spiro atoms. The highest BCUT2D eigenvalue weighted by Crippen LogP contribution is 2.28. The summed E-state index contributed by atoms with van der Waals surface area (Å²) in [6.07, 6.45) is 2.88. The van der Waals surface area contributed by atoms with Gasteiger partial charge in [0.1, 0.15) is 0 Å². The molecule has 23 heavy (non-hydrogen) atoms. The van der Waals surface area contributed by atoms with Crippen LogP contribution in [0.2, 0.25) is 5.02 Å². The van der Waals surface area contributed by atoms with Crippen LogP contribution in [0.3, 0.4) is 0 Å². The molecule has 5 heteroatoms. The number of carbonyl (C=O) groups excluding carboxylic acids is 1. The van der Waals surface area contributed by atoms with E-state index in [4.69, 9.17) is 11.6 Å². The summed E-state index contributed by atoms with van der Waals surface area (Å²) < 4.78 is 0. The van der Waals surface area contributed by atoms with Gasteiger partial charge in [0, 0.05) is 56.3 Å². The molecule has 2 atom stereocenters. The Morgan fingerprint density at radius 2 is 2.17 bits per heavy atom. The molecule has 1 amide bonds. The van der Waals surface area contributed by atoms with Crippen LogP contribution in [0, 0.1) is 0 Å². The van der Waals surface area contributed by atoms with E-state index in [-0.39, 0.29) is 6.04 Å². The fourth-order valence-corrected chi connectivity index (χ4v) is 4.01. The van der Waals surface area contributed by atoms with Crippen LogP contribution >= 0.6 is 11.6 Å². The predicted molar refractivity (Wildman–Crippen MR) is 93.7 cm³/mol. The number of hydrogen-bond acceptors (Lipinski definition) is 3. The Balaban J connectivity index is 1.63. The van der Waals surface area contributed by atoms with E-state index in [0.717, 1.165) is 56.2 Å². The highest BCUT2D eigenvalue weighted by atomic mass is 35.5. The van der Waals surface area contributed by atoms with Gasteiger partial charge in [-0.15, -0.1) is 0 Å². The lowest BCUT2D eigenvalue weighted by molar-refractivity contribution is -0.132. The zero-order valence-corrected chi connectivity index (χ0v) is 14.6. The van der Waals surface area contributed by atoms with Crippen LogP contribution in [0.5, 0.6) is 0 Å². The van der Waals surface area contributed by atoms with Crippen molar-refractivity contribution >= 4 is 17.5 Å². The molecule has 2 fully saturated rings. The number of piperazine rings is 1. The third kappa shape index (κ3) is 3.87. The average molecular weight is 336 g/mol. The lowest BCUT2D eigenvalue weighted by Crippen LogP contribution is -2.47. The lowest BCUT2D eigenvalue weighted by atomic mass is 10.0. The number of likely N-dealkylation sites (tertiary alicyclic amines) is 1. The first-order valence-electron chi connectivity index (χ1n) is 8.65. The summed E-state index contributed by atoms with van der Waals surface area (Å²) in [5.41, 5.74) is 1.16. The van der Waals surface area contributed by atoms with Gasteiger partial charge in [-0.25, -0.2) is 0 Å². The Bertz CT molecular complexity index is 551. The third-order valence-electron chi connectivity index (χ3n) is 5.10. The Morgan fingerprint density at radius 1 is 1.35 bits per heavy atom. The van der Waals surface area contributed by atoms with Gasteiger partial charge < -0.3 is 10.2 Å². The van der Waals surface area contributed by atoms with Gasteiger partial charge in [0.15, 0.2) is 0 Å². The molecule has 2 heterocycles. The first-order valence-corrected chi connectivity index (χ1v) is 9.03. The van der Waals surface area contributed by atoms with Gasteiger partial charge in [0.05, 0.1) is 0 Å². The summed E-state index contributed by atoms with van der Waals surface area (Å²) in [6, 6.07) is 8.69. The number of benzene rings is 1. The highest BCUT2D eigenvalue weighted by Gasteiger charge is 2.28. The number of amides is 1. The van der Waals surface area contributed by atoms with E-state index in [2.05, 4.69) is 23.2 Å². The monoisotopic (exact) mass is 335 g/mol. The largest absolute Gasteiger partial charge is 0.340 e. The Labute approximate surface area is 143 Å². The molecule has 0 bridgehead atoms. The van der Waals surface area contributed by atoms with Crippen molar-refractivity contribution in [2.75, 3.05) is 32.7 Å². The van der Waals surface area contributed by atoms with Crippen LogP contribution in [0.1, 0.15) is 37.8 Å². The van der Waals surface area contributed by atoms with E-state index in [1.807, 2.05) is 23.1 Å². The molecular weight excluding hydrogens is 310 g/mol. The minimum atomic E-state index is 0.251. The molecule has 1 aromatic rings. The van der Waals surface area contributed by atoms with Crippen LogP contribution in [-0.2, 0) is 4.79 Å². The summed E-state index contributed by atoms with van der Waals surface area (Å²) in [7, 11) is 0. The van der Waals surface area contributed by atoms with E-state index in [1.165, 1.54) is 0 Å². The Hall–Kier alpha value is -1.10. The van der Waals surface area contributed by atoms with Crippen molar-refractivity contribution in [1.82, 2.24) is 15.1 Å². The molecule has 4 nitrogen and oxygen atoms in total. The van der Waals surface area contributed by atoms with Crippen molar-refractivity contribution in [2.45, 2.75) is 38.3 Å². The van der Waals surface area contributed by atoms with Gasteiger partial charge in [-0.2, -0.15) is 0 Å². The maximum absolute atomic E-state index is 12.5. The molecule has 0 aromatic heterocycles. The fourth-order valence-electron chi connectivity index (χ4n) is 3.75. The molecule has 2 unspecified atom stereocenters. The number of rotatable bonds is 4. The molecule has 2 aliphatic heterocycles. The molecule has 1 N–H and O–H groups in total. The quantitative estimate of drug-likeness (QED) is 0.919. The van der Waals surface area contributed by atoms with Gasteiger partial charge in [0.25, 0.3) is 0 Å². The second-order valence-corrected chi connectivity index (χ2v) is 7.01. The van der Waals surface area contributed by atoms with Crippen LogP contribution < -0.4 is 5.32 Å². The van der Waals surface area contributed by atoms with Gasteiger partial charge in [-0.1, -0.05) is 29.8 Å². The van der Waals surface area contributed by atoms with Crippen molar-refractivity contribution < 1.29 is 4.79 Å². The summed E-state index contributed by atoms with van der Waals surface area (Å²) in [5.74, 6) is 0.298. The second-order valence-electron chi connectivity index (χ2n) is 6.61.